The lowest BCUT2D eigenvalue weighted by molar-refractivity contribution is -0.138. The summed E-state index contributed by atoms with van der Waals surface area (Å²) in [7, 11) is -3.38. The zero-order valence-corrected chi connectivity index (χ0v) is 16.5. The molecule has 1 saturated heterocycles. The number of hydrogen-bond acceptors (Lipinski definition) is 4. The molecule has 4 rings (SSSR count). The molecule has 148 valence electrons. The Bertz CT molecular complexity index is 938. The van der Waals surface area contributed by atoms with E-state index in [1.165, 1.54) is 4.31 Å². The molecule has 0 spiro atoms. The second-order valence-electron chi connectivity index (χ2n) is 7.29. The van der Waals surface area contributed by atoms with Crippen LogP contribution in [0.5, 0.6) is 5.75 Å². The van der Waals surface area contributed by atoms with Crippen LogP contribution in [0.1, 0.15) is 11.1 Å². The molecule has 2 aliphatic heterocycles. The van der Waals surface area contributed by atoms with Gasteiger partial charge in [-0.05, 0) is 23.6 Å². The predicted octanol–water partition coefficient (Wildman–Crippen LogP) is 1.91. The molecule has 2 aliphatic rings. The Kier molecular flexibility index (Phi) is 5.37. The number of carbonyl (C=O) groups is 1. The molecule has 7 heteroatoms. The third kappa shape index (κ3) is 4.05. The summed E-state index contributed by atoms with van der Waals surface area (Å²) in [6.45, 7) is 1.90. The maximum atomic E-state index is 12.9. The first kappa shape index (κ1) is 19.0. The molecule has 28 heavy (non-hydrogen) atoms. The largest absolute Gasteiger partial charge is 0.492 e. The Balaban J connectivity index is 1.34. The Morgan fingerprint density at radius 1 is 0.964 bits per heavy atom. The highest BCUT2D eigenvalue weighted by atomic mass is 32.2. The molecule has 1 amide bonds. The lowest BCUT2D eigenvalue weighted by Gasteiger charge is -2.36. The number of piperazine rings is 1. The van der Waals surface area contributed by atoms with Crippen molar-refractivity contribution in [1.82, 2.24) is 9.21 Å². The van der Waals surface area contributed by atoms with E-state index in [1.54, 1.807) is 4.90 Å². The van der Waals surface area contributed by atoms with E-state index in [9.17, 15) is 13.2 Å². The van der Waals surface area contributed by atoms with Gasteiger partial charge in [0.1, 0.15) is 12.4 Å². The molecule has 0 N–H and O–H groups in total. The van der Waals surface area contributed by atoms with Gasteiger partial charge < -0.3 is 9.64 Å². The van der Waals surface area contributed by atoms with Crippen molar-refractivity contribution in [3.63, 3.8) is 0 Å². The highest BCUT2D eigenvalue weighted by Crippen LogP contribution is 2.28. The van der Waals surface area contributed by atoms with Crippen LogP contribution in [0, 0.1) is 5.92 Å². The van der Waals surface area contributed by atoms with Crippen LogP contribution >= 0.6 is 0 Å². The third-order valence-electron chi connectivity index (χ3n) is 5.36. The Labute approximate surface area is 165 Å². The number of hydrogen-bond donors (Lipinski definition) is 0. The highest BCUT2D eigenvalue weighted by Gasteiger charge is 2.33. The normalized spacial score (nSPS) is 20.3. The van der Waals surface area contributed by atoms with Gasteiger partial charge in [0.05, 0.1) is 11.7 Å². The molecule has 2 aromatic rings. The van der Waals surface area contributed by atoms with Gasteiger partial charge in [-0.1, -0.05) is 48.5 Å². The van der Waals surface area contributed by atoms with Crippen LogP contribution in [0.4, 0.5) is 0 Å². The van der Waals surface area contributed by atoms with Crippen LogP contribution in [-0.4, -0.2) is 56.3 Å². The summed E-state index contributed by atoms with van der Waals surface area (Å²) in [4.78, 5) is 14.7. The number of sulfonamides is 1. The van der Waals surface area contributed by atoms with Crippen LogP contribution in [0.3, 0.4) is 0 Å². The van der Waals surface area contributed by atoms with Crippen molar-refractivity contribution in [2.24, 2.45) is 5.92 Å². The highest BCUT2D eigenvalue weighted by molar-refractivity contribution is 7.88. The Morgan fingerprint density at radius 3 is 2.39 bits per heavy atom. The number of ether oxygens (including phenoxy) is 1. The van der Waals surface area contributed by atoms with Gasteiger partial charge in [-0.25, -0.2) is 8.42 Å². The van der Waals surface area contributed by atoms with Crippen LogP contribution in [-0.2, 0) is 27.0 Å². The maximum absolute atomic E-state index is 12.9. The fourth-order valence-electron chi connectivity index (χ4n) is 3.81. The topological polar surface area (TPSA) is 66.9 Å². The van der Waals surface area contributed by atoms with Gasteiger partial charge in [0.2, 0.25) is 15.9 Å². The molecule has 2 heterocycles. The van der Waals surface area contributed by atoms with Crippen LogP contribution in [0.15, 0.2) is 54.6 Å². The lowest BCUT2D eigenvalue weighted by atomic mass is 9.95. The van der Waals surface area contributed by atoms with E-state index in [0.717, 1.165) is 16.9 Å². The first-order valence-electron chi connectivity index (χ1n) is 9.54. The van der Waals surface area contributed by atoms with Crippen molar-refractivity contribution in [3.05, 3.63) is 65.7 Å². The molecule has 0 bridgehead atoms. The number of fused-ring (bicyclic) bond motifs is 1. The zero-order valence-electron chi connectivity index (χ0n) is 15.7. The number of para-hydroxylation sites is 1. The van der Waals surface area contributed by atoms with Crippen LogP contribution in [0.2, 0.25) is 0 Å². The second-order valence-corrected chi connectivity index (χ2v) is 9.25. The van der Waals surface area contributed by atoms with Crippen molar-refractivity contribution in [3.8, 4) is 5.75 Å². The molecule has 1 atom stereocenters. The van der Waals surface area contributed by atoms with Crippen molar-refractivity contribution in [2.75, 3.05) is 32.8 Å². The standard InChI is InChI=1S/C21H24N2O4S/c24-21(19-14-18-8-4-5-9-20(18)27-15-19)22-10-12-23(13-11-22)28(25,26)16-17-6-2-1-3-7-17/h1-9,19H,10-16H2. The fraction of sp³-hybridized carbons (Fsp3) is 0.381. The summed E-state index contributed by atoms with van der Waals surface area (Å²) in [5.74, 6) is 0.690. The first-order valence-corrected chi connectivity index (χ1v) is 11.1. The fourth-order valence-corrected chi connectivity index (χ4v) is 5.32. The summed E-state index contributed by atoms with van der Waals surface area (Å²) in [5, 5.41) is 0. The summed E-state index contributed by atoms with van der Waals surface area (Å²) >= 11 is 0. The molecule has 0 aromatic heterocycles. The van der Waals surface area contributed by atoms with Gasteiger partial charge in [0.25, 0.3) is 0 Å². The first-order chi connectivity index (χ1) is 13.5. The maximum Gasteiger partial charge on any atom is 0.229 e. The monoisotopic (exact) mass is 400 g/mol. The SMILES string of the molecule is O=C(C1COc2ccccc2C1)N1CCN(S(=O)(=O)Cc2ccccc2)CC1. The average Bonchev–Trinajstić information content (AvgIpc) is 2.73. The van der Waals surface area contributed by atoms with E-state index in [2.05, 4.69) is 0 Å². The second kappa shape index (κ2) is 7.93. The molecule has 6 nitrogen and oxygen atoms in total. The number of amides is 1. The van der Waals surface area contributed by atoms with Gasteiger partial charge in [-0.3, -0.25) is 4.79 Å². The average molecular weight is 401 g/mol. The summed E-state index contributed by atoms with van der Waals surface area (Å²) in [6.07, 6.45) is 0.668. The third-order valence-corrected chi connectivity index (χ3v) is 7.21. The van der Waals surface area contributed by atoms with Crippen LogP contribution in [0.25, 0.3) is 0 Å². The minimum atomic E-state index is -3.38. The summed E-state index contributed by atoms with van der Waals surface area (Å²) < 4.78 is 32.6. The summed E-state index contributed by atoms with van der Waals surface area (Å²) in [6, 6.07) is 17.0. The number of carbonyl (C=O) groups excluding carboxylic acids is 1. The molecule has 0 radical (unpaired) electrons. The van der Waals surface area contributed by atoms with E-state index < -0.39 is 10.0 Å². The lowest BCUT2D eigenvalue weighted by Crippen LogP contribution is -2.53. The number of benzene rings is 2. The van der Waals surface area contributed by atoms with E-state index in [4.69, 9.17) is 4.74 Å². The molecular weight excluding hydrogens is 376 g/mol. The van der Waals surface area contributed by atoms with Gasteiger partial charge in [0, 0.05) is 26.2 Å². The van der Waals surface area contributed by atoms with Crippen molar-refractivity contribution >= 4 is 15.9 Å². The van der Waals surface area contributed by atoms with Gasteiger partial charge >= 0.3 is 0 Å². The Hall–Kier alpha value is -2.38. The van der Waals surface area contributed by atoms with E-state index >= 15 is 0 Å². The number of rotatable bonds is 4. The van der Waals surface area contributed by atoms with E-state index in [-0.39, 0.29) is 17.6 Å². The van der Waals surface area contributed by atoms with E-state index in [1.807, 2.05) is 54.6 Å². The van der Waals surface area contributed by atoms with Crippen molar-refractivity contribution < 1.29 is 17.9 Å². The minimum Gasteiger partial charge on any atom is -0.492 e. The van der Waals surface area contributed by atoms with Crippen LogP contribution < -0.4 is 4.74 Å². The quantitative estimate of drug-likeness (QED) is 0.786. The molecule has 1 unspecified atom stereocenters. The predicted molar refractivity (Wildman–Crippen MR) is 106 cm³/mol. The number of nitrogens with zero attached hydrogens (tertiary/aromatic N) is 2. The van der Waals surface area contributed by atoms with Crippen molar-refractivity contribution in [2.45, 2.75) is 12.2 Å². The van der Waals surface area contributed by atoms with Gasteiger partial charge in [-0.15, -0.1) is 0 Å². The molecular formula is C21H24N2O4S. The molecule has 1 fully saturated rings. The summed E-state index contributed by atoms with van der Waals surface area (Å²) in [5.41, 5.74) is 1.83. The smallest absolute Gasteiger partial charge is 0.229 e. The molecule has 0 aliphatic carbocycles. The van der Waals surface area contributed by atoms with Crippen molar-refractivity contribution in [1.29, 1.82) is 0 Å². The Morgan fingerprint density at radius 2 is 1.64 bits per heavy atom. The van der Waals surface area contributed by atoms with E-state index in [0.29, 0.717) is 39.2 Å². The minimum absolute atomic E-state index is 0.00493. The zero-order chi connectivity index (χ0) is 19.6. The molecule has 0 saturated carbocycles. The van der Waals surface area contributed by atoms with Gasteiger partial charge in [-0.2, -0.15) is 4.31 Å². The molecule has 2 aromatic carbocycles. The van der Waals surface area contributed by atoms with Gasteiger partial charge in [0.15, 0.2) is 0 Å².